The molecule has 0 aromatic heterocycles. The van der Waals surface area contributed by atoms with Crippen molar-refractivity contribution in [1.29, 1.82) is 0 Å². The van der Waals surface area contributed by atoms with Crippen LogP contribution in [-0.4, -0.2) is 13.4 Å². The molecule has 4 heteroatoms. The lowest BCUT2D eigenvalue weighted by Crippen LogP contribution is -1.93. The van der Waals surface area contributed by atoms with E-state index < -0.39 is 11.6 Å². The van der Waals surface area contributed by atoms with E-state index in [2.05, 4.69) is 0 Å². The quantitative estimate of drug-likeness (QED) is 0.777. The van der Waals surface area contributed by atoms with E-state index in [4.69, 9.17) is 4.74 Å². The first-order valence-electron chi connectivity index (χ1n) is 5.24. The largest absolute Gasteiger partial charge is 0.497 e. The van der Waals surface area contributed by atoms with Crippen LogP contribution in [0.15, 0.2) is 36.4 Å². The summed E-state index contributed by atoms with van der Waals surface area (Å²) in [5.74, 6) is -0.676. The Morgan fingerprint density at radius 1 is 1.06 bits per heavy atom. The first kappa shape index (κ1) is 12.2. The molecular formula is C14H10F2O2. The summed E-state index contributed by atoms with van der Waals surface area (Å²) in [4.78, 5) is 10.9. The Kier molecular flexibility index (Phi) is 3.37. The molecule has 0 aliphatic heterocycles. The molecule has 0 aliphatic carbocycles. The fourth-order valence-electron chi connectivity index (χ4n) is 1.72. The minimum absolute atomic E-state index is 0.110. The van der Waals surface area contributed by atoms with Crippen molar-refractivity contribution in [2.24, 2.45) is 0 Å². The zero-order valence-electron chi connectivity index (χ0n) is 9.61. The van der Waals surface area contributed by atoms with Crippen LogP contribution in [0.5, 0.6) is 5.75 Å². The van der Waals surface area contributed by atoms with Crippen LogP contribution >= 0.6 is 0 Å². The van der Waals surface area contributed by atoms with Crippen LogP contribution in [0.25, 0.3) is 11.1 Å². The highest BCUT2D eigenvalue weighted by Gasteiger charge is 2.11. The molecule has 0 amide bonds. The van der Waals surface area contributed by atoms with Crippen molar-refractivity contribution in [2.45, 2.75) is 0 Å². The van der Waals surface area contributed by atoms with E-state index in [1.165, 1.54) is 31.4 Å². The summed E-state index contributed by atoms with van der Waals surface area (Å²) in [6.07, 6.45) is 0.502. The standard InChI is InChI=1S/C14H10F2O2/c1-18-11-3-5-13(14(16)7-11)12-4-2-10(15)6-9(12)8-17/h2-8H,1H3. The predicted molar refractivity (Wildman–Crippen MR) is 63.7 cm³/mol. The number of carbonyl (C=O) groups excluding carboxylic acids is 1. The third-order valence-corrected chi connectivity index (χ3v) is 2.61. The topological polar surface area (TPSA) is 26.3 Å². The van der Waals surface area contributed by atoms with Crippen LogP contribution in [0.2, 0.25) is 0 Å². The second-order valence-corrected chi connectivity index (χ2v) is 3.70. The Morgan fingerprint density at radius 3 is 2.39 bits per heavy atom. The zero-order chi connectivity index (χ0) is 13.1. The van der Waals surface area contributed by atoms with Gasteiger partial charge >= 0.3 is 0 Å². The van der Waals surface area contributed by atoms with Gasteiger partial charge in [-0.05, 0) is 29.8 Å². The molecule has 0 bridgehead atoms. The molecule has 0 heterocycles. The highest BCUT2D eigenvalue weighted by Crippen LogP contribution is 2.28. The molecule has 0 atom stereocenters. The maximum atomic E-state index is 13.9. The van der Waals surface area contributed by atoms with Crippen LogP contribution in [0.1, 0.15) is 10.4 Å². The van der Waals surface area contributed by atoms with Gasteiger partial charge in [-0.15, -0.1) is 0 Å². The second kappa shape index (κ2) is 4.96. The van der Waals surface area contributed by atoms with Gasteiger partial charge in [-0.25, -0.2) is 8.78 Å². The molecule has 2 nitrogen and oxygen atoms in total. The summed E-state index contributed by atoms with van der Waals surface area (Å²) in [6, 6.07) is 7.93. The molecule has 2 rings (SSSR count). The van der Waals surface area contributed by atoms with Crippen molar-refractivity contribution in [3.63, 3.8) is 0 Å². The fraction of sp³-hybridized carbons (Fsp3) is 0.0714. The Morgan fingerprint density at radius 2 is 1.78 bits per heavy atom. The van der Waals surface area contributed by atoms with E-state index in [1.54, 1.807) is 6.07 Å². The van der Waals surface area contributed by atoms with Crippen molar-refractivity contribution in [3.8, 4) is 16.9 Å². The Labute approximate surface area is 103 Å². The molecule has 0 N–H and O–H groups in total. The molecule has 0 saturated heterocycles. The van der Waals surface area contributed by atoms with Gasteiger partial charge in [0.15, 0.2) is 6.29 Å². The average molecular weight is 248 g/mol. The third-order valence-electron chi connectivity index (χ3n) is 2.61. The van der Waals surface area contributed by atoms with Gasteiger partial charge in [0, 0.05) is 17.2 Å². The number of aldehydes is 1. The fourth-order valence-corrected chi connectivity index (χ4v) is 1.72. The zero-order valence-corrected chi connectivity index (χ0v) is 9.61. The molecule has 2 aromatic carbocycles. The summed E-state index contributed by atoms with van der Waals surface area (Å²) in [5.41, 5.74) is 0.698. The maximum Gasteiger partial charge on any atom is 0.150 e. The molecule has 0 radical (unpaired) electrons. The lowest BCUT2D eigenvalue weighted by molar-refractivity contribution is 0.112. The van der Waals surface area contributed by atoms with E-state index in [-0.39, 0.29) is 11.1 Å². The van der Waals surface area contributed by atoms with Crippen LogP contribution in [0.4, 0.5) is 8.78 Å². The van der Waals surface area contributed by atoms with E-state index in [0.29, 0.717) is 17.6 Å². The minimum Gasteiger partial charge on any atom is -0.497 e. The Hall–Kier alpha value is -2.23. The number of methoxy groups -OCH3 is 1. The molecule has 92 valence electrons. The lowest BCUT2D eigenvalue weighted by atomic mass is 9.99. The molecule has 0 fully saturated rings. The van der Waals surface area contributed by atoms with Crippen LogP contribution in [-0.2, 0) is 0 Å². The normalized spacial score (nSPS) is 10.2. The average Bonchev–Trinajstić information content (AvgIpc) is 2.39. The molecule has 0 spiro atoms. The number of hydrogen-bond donors (Lipinski definition) is 0. The van der Waals surface area contributed by atoms with Crippen LogP contribution < -0.4 is 4.74 Å². The first-order valence-corrected chi connectivity index (χ1v) is 5.24. The van der Waals surface area contributed by atoms with Gasteiger partial charge in [0.05, 0.1) is 7.11 Å². The van der Waals surface area contributed by atoms with Crippen LogP contribution in [0.3, 0.4) is 0 Å². The highest BCUT2D eigenvalue weighted by molar-refractivity contribution is 5.87. The number of rotatable bonds is 3. The molecular weight excluding hydrogens is 238 g/mol. The number of ether oxygens (including phenoxy) is 1. The van der Waals surface area contributed by atoms with Gasteiger partial charge in [0.1, 0.15) is 17.4 Å². The lowest BCUT2D eigenvalue weighted by Gasteiger charge is -2.08. The van der Waals surface area contributed by atoms with Crippen molar-refractivity contribution in [2.75, 3.05) is 7.11 Å². The Bertz CT molecular complexity index is 594. The highest BCUT2D eigenvalue weighted by atomic mass is 19.1. The molecule has 0 aliphatic rings. The van der Waals surface area contributed by atoms with Crippen LogP contribution in [0, 0.1) is 11.6 Å². The summed E-state index contributed by atoms with van der Waals surface area (Å²) in [5, 5.41) is 0. The first-order chi connectivity index (χ1) is 8.65. The van der Waals surface area contributed by atoms with Crippen molar-refractivity contribution in [1.82, 2.24) is 0 Å². The summed E-state index contributed by atoms with van der Waals surface area (Å²) in [6.45, 7) is 0. The van der Waals surface area contributed by atoms with Gasteiger partial charge < -0.3 is 4.74 Å². The molecule has 0 unspecified atom stereocenters. The number of hydrogen-bond acceptors (Lipinski definition) is 2. The molecule has 18 heavy (non-hydrogen) atoms. The maximum absolute atomic E-state index is 13.9. The monoisotopic (exact) mass is 248 g/mol. The SMILES string of the molecule is COc1ccc(-c2ccc(F)cc2C=O)c(F)c1. The van der Waals surface area contributed by atoms with E-state index in [0.717, 1.165) is 6.07 Å². The van der Waals surface area contributed by atoms with Gasteiger partial charge in [0.2, 0.25) is 0 Å². The Balaban J connectivity index is 2.58. The smallest absolute Gasteiger partial charge is 0.150 e. The van der Waals surface area contributed by atoms with Gasteiger partial charge in [0.25, 0.3) is 0 Å². The molecule has 0 saturated carbocycles. The third kappa shape index (κ3) is 2.22. The number of halogens is 2. The summed E-state index contributed by atoms with van der Waals surface area (Å²) in [7, 11) is 1.43. The van der Waals surface area contributed by atoms with E-state index >= 15 is 0 Å². The van der Waals surface area contributed by atoms with Crippen molar-refractivity contribution < 1.29 is 18.3 Å². The van der Waals surface area contributed by atoms with E-state index in [9.17, 15) is 13.6 Å². The van der Waals surface area contributed by atoms with E-state index in [1.807, 2.05) is 0 Å². The minimum atomic E-state index is -0.533. The number of carbonyl (C=O) groups is 1. The van der Waals surface area contributed by atoms with Gasteiger partial charge in [-0.2, -0.15) is 0 Å². The van der Waals surface area contributed by atoms with Crippen molar-refractivity contribution >= 4 is 6.29 Å². The predicted octanol–water partition coefficient (Wildman–Crippen LogP) is 3.45. The number of benzene rings is 2. The summed E-state index contributed by atoms with van der Waals surface area (Å²) >= 11 is 0. The second-order valence-electron chi connectivity index (χ2n) is 3.70. The summed E-state index contributed by atoms with van der Waals surface area (Å²) < 4.78 is 31.7. The van der Waals surface area contributed by atoms with Crippen molar-refractivity contribution in [3.05, 3.63) is 53.6 Å². The van der Waals surface area contributed by atoms with Gasteiger partial charge in [-0.3, -0.25) is 4.79 Å². The molecule has 2 aromatic rings. The van der Waals surface area contributed by atoms with Gasteiger partial charge in [-0.1, -0.05) is 6.07 Å².